The van der Waals surface area contributed by atoms with Crippen LogP contribution in [0.1, 0.15) is 12.0 Å². The van der Waals surface area contributed by atoms with E-state index in [1.54, 1.807) is 0 Å². The van der Waals surface area contributed by atoms with Crippen molar-refractivity contribution < 1.29 is 0 Å². The van der Waals surface area contributed by atoms with Gasteiger partial charge in [-0.3, -0.25) is 0 Å². The number of hydrogen-bond donors (Lipinski definition) is 0. The number of hydrogen-bond acceptors (Lipinski definition) is 0. The molecule has 12 heavy (non-hydrogen) atoms. The van der Waals surface area contributed by atoms with Crippen molar-refractivity contribution in [2.45, 2.75) is 12.8 Å². The van der Waals surface area contributed by atoms with E-state index in [0.29, 0.717) is 5.69 Å². The summed E-state index contributed by atoms with van der Waals surface area (Å²) in [7, 11) is 0. The summed E-state index contributed by atoms with van der Waals surface area (Å²) in [6.07, 6.45) is 6.79. The van der Waals surface area contributed by atoms with Crippen LogP contribution in [0.3, 0.4) is 0 Å². The van der Waals surface area contributed by atoms with Crippen LogP contribution in [0.5, 0.6) is 0 Å². The van der Waals surface area contributed by atoms with Crippen LogP contribution in [0.2, 0.25) is 0 Å². The van der Waals surface area contributed by atoms with E-state index < -0.39 is 0 Å². The third kappa shape index (κ3) is 2.15. The molecular weight excluding hydrogens is 146 g/mol. The molecule has 0 spiro atoms. The van der Waals surface area contributed by atoms with Gasteiger partial charge in [0.05, 0.1) is 6.57 Å². The maximum absolute atomic E-state index is 6.74. The second-order valence-electron chi connectivity index (χ2n) is 2.48. The van der Waals surface area contributed by atoms with Crippen LogP contribution >= 0.6 is 0 Å². The maximum Gasteiger partial charge on any atom is 0.187 e. The summed E-state index contributed by atoms with van der Waals surface area (Å²) in [4.78, 5) is 3.30. The number of benzene rings is 1. The van der Waals surface area contributed by atoms with Gasteiger partial charge in [0, 0.05) is 6.42 Å². The first-order chi connectivity index (χ1) is 5.86. The average molecular weight is 155 g/mol. The third-order valence-corrected chi connectivity index (χ3v) is 1.62. The average Bonchev–Trinajstić information content (AvgIpc) is 2.15. The van der Waals surface area contributed by atoms with Crippen molar-refractivity contribution in [3.05, 3.63) is 41.2 Å². The summed E-state index contributed by atoms with van der Waals surface area (Å²) >= 11 is 0. The van der Waals surface area contributed by atoms with Gasteiger partial charge >= 0.3 is 0 Å². The molecule has 1 heteroatoms. The first-order valence-corrected chi connectivity index (χ1v) is 3.76. The summed E-state index contributed by atoms with van der Waals surface area (Å²) in [5.74, 6) is 2.58. The van der Waals surface area contributed by atoms with Gasteiger partial charge in [-0.1, -0.05) is 24.3 Å². The lowest BCUT2D eigenvalue weighted by molar-refractivity contribution is 1.03. The van der Waals surface area contributed by atoms with Crippen molar-refractivity contribution in [1.29, 1.82) is 0 Å². The Labute approximate surface area is 72.9 Å². The molecule has 0 bridgehead atoms. The fourth-order valence-electron chi connectivity index (χ4n) is 0.954. The van der Waals surface area contributed by atoms with Crippen molar-refractivity contribution in [3.8, 4) is 12.3 Å². The third-order valence-electron chi connectivity index (χ3n) is 1.62. The van der Waals surface area contributed by atoms with Crippen LogP contribution in [0.25, 0.3) is 4.85 Å². The zero-order valence-corrected chi connectivity index (χ0v) is 6.75. The zero-order chi connectivity index (χ0) is 8.81. The predicted octanol–water partition coefficient (Wildman–Crippen LogP) is 2.80. The SMILES string of the molecule is [C-]#[N+]c1ccc(CCC#C)cc1. The van der Waals surface area contributed by atoms with E-state index in [9.17, 15) is 0 Å². The number of rotatable bonds is 2. The highest BCUT2D eigenvalue weighted by Crippen LogP contribution is 2.13. The second kappa shape index (κ2) is 4.21. The zero-order valence-electron chi connectivity index (χ0n) is 6.75. The van der Waals surface area contributed by atoms with Crippen LogP contribution in [0.4, 0.5) is 5.69 Å². The fraction of sp³-hybridized carbons (Fsp3) is 0.182. The summed E-state index contributed by atoms with van der Waals surface area (Å²) in [6.45, 7) is 6.74. The molecule has 0 saturated carbocycles. The number of aryl methyl sites for hydroxylation is 1. The molecule has 0 heterocycles. The monoisotopic (exact) mass is 155 g/mol. The van der Waals surface area contributed by atoms with Gasteiger partial charge in [-0.25, -0.2) is 4.85 Å². The lowest BCUT2D eigenvalue weighted by Crippen LogP contribution is -1.80. The Bertz CT molecular complexity index is 322. The first-order valence-electron chi connectivity index (χ1n) is 3.76. The smallest absolute Gasteiger partial charge is 0.187 e. The van der Waals surface area contributed by atoms with Crippen molar-refractivity contribution in [2.75, 3.05) is 0 Å². The highest BCUT2D eigenvalue weighted by Gasteiger charge is 1.91. The molecule has 0 saturated heterocycles. The normalized spacial score (nSPS) is 8.50. The minimum atomic E-state index is 0.680. The molecule has 0 amide bonds. The van der Waals surface area contributed by atoms with Gasteiger partial charge in [-0.05, 0) is 12.0 Å². The molecule has 0 aliphatic rings. The fourth-order valence-corrected chi connectivity index (χ4v) is 0.954. The second-order valence-corrected chi connectivity index (χ2v) is 2.48. The molecule has 0 atom stereocenters. The van der Waals surface area contributed by atoms with Crippen LogP contribution in [-0.4, -0.2) is 0 Å². The standard InChI is InChI=1S/C11H9N/c1-3-4-5-10-6-8-11(12-2)9-7-10/h1,6-9H,4-5H2. The molecule has 0 N–H and O–H groups in total. The van der Waals surface area contributed by atoms with Gasteiger partial charge in [0.25, 0.3) is 0 Å². The van der Waals surface area contributed by atoms with Gasteiger partial charge in [0.2, 0.25) is 0 Å². The molecule has 58 valence electrons. The van der Waals surface area contributed by atoms with Crippen LogP contribution < -0.4 is 0 Å². The molecule has 0 aliphatic carbocycles. The number of terminal acetylenes is 1. The lowest BCUT2D eigenvalue weighted by Gasteiger charge is -1.96. The Morgan fingerprint density at radius 3 is 2.50 bits per heavy atom. The molecule has 1 aromatic carbocycles. The molecule has 1 aromatic rings. The molecule has 1 rings (SSSR count). The van der Waals surface area contributed by atoms with Gasteiger partial charge in [-0.15, -0.1) is 12.3 Å². The van der Waals surface area contributed by atoms with E-state index in [-0.39, 0.29) is 0 Å². The predicted molar refractivity (Wildman–Crippen MR) is 49.9 cm³/mol. The highest BCUT2D eigenvalue weighted by atomic mass is 14.6. The van der Waals surface area contributed by atoms with Crippen LogP contribution in [-0.2, 0) is 6.42 Å². The van der Waals surface area contributed by atoms with Crippen LogP contribution in [0, 0.1) is 18.9 Å². The van der Waals surface area contributed by atoms with Gasteiger partial charge < -0.3 is 0 Å². The van der Waals surface area contributed by atoms with E-state index in [1.165, 1.54) is 5.56 Å². The Balaban J connectivity index is 2.68. The van der Waals surface area contributed by atoms with Gasteiger partial charge in [0.15, 0.2) is 5.69 Å². The minimum Gasteiger partial charge on any atom is -0.238 e. The topological polar surface area (TPSA) is 4.36 Å². The Morgan fingerprint density at radius 1 is 1.33 bits per heavy atom. The quantitative estimate of drug-likeness (QED) is 0.457. The van der Waals surface area contributed by atoms with E-state index in [4.69, 9.17) is 13.0 Å². The molecule has 1 nitrogen and oxygen atoms in total. The largest absolute Gasteiger partial charge is 0.238 e. The molecule has 0 fully saturated rings. The van der Waals surface area contributed by atoms with E-state index in [2.05, 4.69) is 10.8 Å². The van der Waals surface area contributed by atoms with Gasteiger partial charge in [-0.2, -0.15) is 0 Å². The van der Waals surface area contributed by atoms with E-state index >= 15 is 0 Å². The minimum absolute atomic E-state index is 0.680. The molecule has 0 unspecified atom stereocenters. The summed E-state index contributed by atoms with van der Waals surface area (Å²) in [5.41, 5.74) is 1.87. The van der Waals surface area contributed by atoms with Crippen molar-refractivity contribution >= 4 is 5.69 Å². The molecule has 0 aromatic heterocycles. The summed E-state index contributed by atoms with van der Waals surface area (Å²) in [5, 5.41) is 0. The first kappa shape index (κ1) is 8.37. The van der Waals surface area contributed by atoms with E-state index in [1.807, 2.05) is 24.3 Å². The molecule has 0 radical (unpaired) electrons. The molecule has 0 aliphatic heterocycles. The Kier molecular flexibility index (Phi) is 2.94. The summed E-state index contributed by atoms with van der Waals surface area (Å²) in [6, 6.07) is 7.53. The highest BCUT2D eigenvalue weighted by molar-refractivity contribution is 5.45. The summed E-state index contributed by atoms with van der Waals surface area (Å²) < 4.78 is 0. The maximum atomic E-state index is 6.74. The van der Waals surface area contributed by atoms with Crippen molar-refractivity contribution in [3.63, 3.8) is 0 Å². The van der Waals surface area contributed by atoms with Crippen molar-refractivity contribution in [2.24, 2.45) is 0 Å². The number of nitrogens with zero attached hydrogens (tertiary/aromatic N) is 1. The van der Waals surface area contributed by atoms with E-state index in [0.717, 1.165) is 12.8 Å². The lowest BCUT2D eigenvalue weighted by atomic mass is 10.1. The Hall–Kier alpha value is -1.73. The molecular formula is C11H9N. The van der Waals surface area contributed by atoms with Crippen LogP contribution in [0.15, 0.2) is 24.3 Å². The van der Waals surface area contributed by atoms with Gasteiger partial charge in [0.1, 0.15) is 0 Å². The Morgan fingerprint density at radius 2 is 2.00 bits per heavy atom. The van der Waals surface area contributed by atoms with Crippen molar-refractivity contribution in [1.82, 2.24) is 0 Å².